The fourth-order valence-corrected chi connectivity index (χ4v) is 4.33. The van der Waals surface area contributed by atoms with Crippen LogP contribution in [-0.2, 0) is 0 Å². The summed E-state index contributed by atoms with van der Waals surface area (Å²) in [5.41, 5.74) is 0.840. The molecule has 4 nitrogen and oxygen atoms in total. The van der Waals surface area contributed by atoms with Gasteiger partial charge in [0.15, 0.2) is 11.6 Å². The second-order valence-electron chi connectivity index (χ2n) is 3.93. The summed E-state index contributed by atoms with van der Waals surface area (Å²) in [5.74, 6) is -1.07. The molecule has 0 fully saturated rings. The van der Waals surface area contributed by atoms with Crippen molar-refractivity contribution in [3.63, 3.8) is 0 Å². The van der Waals surface area contributed by atoms with E-state index in [0.717, 1.165) is 23.5 Å². The summed E-state index contributed by atoms with van der Waals surface area (Å²) in [6, 6.07) is 0. The molecule has 2 aromatic carbocycles. The summed E-state index contributed by atoms with van der Waals surface area (Å²) in [6.07, 6.45) is 0. The van der Waals surface area contributed by atoms with E-state index in [1.165, 1.54) is 0 Å². The molecule has 0 aliphatic heterocycles. The summed E-state index contributed by atoms with van der Waals surface area (Å²) < 4.78 is 45.0. The largest absolute Gasteiger partial charge is 0.203 e. The Labute approximate surface area is 134 Å². The molecular formula is C10Br2F2N4S2. The summed E-state index contributed by atoms with van der Waals surface area (Å²) in [5, 5.41) is 0.888. The van der Waals surface area contributed by atoms with Crippen LogP contribution in [0.2, 0.25) is 0 Å². The molecule has 0 radical (unpaired) electrons. The Morgan fingerprint density at radius 2 is 1.00 bits per heavy atom. The molecule has 0 bridgehead atoms. The number of halogens is 4. The monoisotopic (exact) mass is 436 g/mol. The van der Waals surface area contributed by atoms with Crippen LogP contribution in [0.15, 0.2) is 8.95 Å². The van der Waals surface area contributed by atoms with Crippen LogP contribution < -0.4 is 0 Å². The first kappa shape index (κ1) is 12.9. The lowest BCUT2D eigenvalue weighted by Gasteiger charge is -2.07. The van der Waals surface area contributed by atoms with Crippen LogP contribution >= 0.6 is 55.3 Å². The van der Waals surface area contributed by atoms with Crippen LogP contribution in [0.3, 0.4) is 0 Å². The molecule has 4 aromatic rings. The maximum atomic E-state index is 14.3. The minimum absolute atomic E-state index is 0.108. The Balaban J connectivity index is 2.49. The zero-order chi connectivity index (χ0) is 14.0. The van der Waals surface area contributed by atoms with Crippen LogP contribution in [0.5, 0.6) is 0 Å². The molecule has 0 saturated heterocycles. The predicted molar refractivity (Wildman–Crippen MR) is 81.2 cm³/mol. The van der Waals surface area contributed by atoms with Gasteiger partial charge < -0.3 is 0 Å². The van der Waals surface area contributed by atoms with E-state index in [1.54, 1.807) is 0 Å². The summed E-state index contributed by atoms with van der Waals surface area (Å²) in [4.78, 5) is 0. The first-order valence-corrected chi connectivity index (χ1v) is 8.18. The second-order valence-corrected chi connectivity index (χ2v) is 6.57. The number of benzene rings is 2. The highest BCUT2D eigenvalue weighted by molar-refractivity contribution is 9.11. The van der Waals surface area contributed by atoms with Crippen LogP contribution in [0.1, 0.15) is 0 Å². The Morgan fingerprint density at radius 3 is 1.40 bits per heavy atom. The Bertz CT molecular complexity index is 931. The van der Waals surface area contributed by atoms with Gasteiger partial charge in [-0.05, 0) is 31.9 Å². The maximum Gasteiger partial charge on any atom is 0.167 e. The molecule has 20 heavy (non-hydrogen) atoms. The van der Waals surface area contributed by atoms with Crippen molar-refractivity contribution in [2.24, 2.45) is 0 Å². The molecule has 0 amide bonds. The zero-order valence-corrected chi connectivity index (χ0v) is 13.9. The number of rotatable bonds is 0. The van der Waals surface area contributed by atoms with Crippen molar-refractivity contribution in [3.8, 4) is 0 Å². The van der Waals surface area contributed by atoms with E-state index < -0.39 is 11.6 Å². The van der Waals surface area contributed by atoms with Crippen LogP contribution in [0.4, 0.5) is 8.78 Å². The number of aromatic nitrogens is 4. The van der Waals surface area contributed by atoms with Gasteiger partial charge in [0.25, 0.3) is 0 Å². The van der Waals surface area contributed by atoms with E-state index in [1.807, 2.05) is 0 Å². The summed E-state index contributed by atoms with van der Waals surface area (Å²) in [7, 11) is 0. The van der Waals surface area contributed by atoms with Crippen molar-refractivity contribution in [1.82, 2.24) is 17.5 Å². The number of hydrogen-bond acceptors (Lipinski definition) is 6. The predicted octanol–water partition coefficient (Wildman–Crippen LogP) is 4.65. The number of nitrogens with zero attached hydrogens (tertiary/aromatic N) is 4. The van der Waals surface area contributed by atoms with E-state index in [0.29, 0.717) is 21.8 Å². The van der Waals surface area contributed by atoms with Crippen LogP contribution in [-0.4, -0.2) is 17.5 Å². The van der Waals surface area contributed by atoms with Gasteiger partial charge in [-0.25, -0.2) is 8.78 Å². The van der Waals surface area contributed by atoms with Crippen molar-refractivity contribution in [2.45, 2.75) is 0 Å². The fourth-order valence-electron chi connectivity index (χ4n) is 2.08. The smallest absolute Gasteiger partial charge is 0.167 e. The Morgan fingerprint density at radius 1 is 0.650 bits per heavy atom. The Kier molecular flexibility index (Phi) is 2.78. The third-order valence-corrected chi connectivity index (χ3v) is 5.49. The molecule has 2 heterocycles. The minimum atomic E-state index is -0.533. The quantitative estimate of drug-likeness (QED) is 0.401. The topological polar surface area (TPSA) is 51.6 Å². The molecule has 2 aromatic heterocycles. The lowest BCUT2D eigenvalue weighted by Crippen LogP contribution is -1.92. The maximum absolute atomic E-state index is 14.3. The highest BCUT2D eigenvalue weighted by atomic mass is 79.9. The van der Waals surface area contributed by atoms with Gasteiger partial charge in [-0.1, -0.05) is 0 Å². The Hall–Kier alpha value is -0.840. The van der Waals surface area contributed by atoms with Gasteiger partial charge in [0.2, 0.25) is 0 Å². The molecular weight excluding hydrogens is 438 g/mol. The van der Waals surface area contributed by atoms with Crippen molar-refractivity contribution in [1.29, 1.82) is 0 Å². The van der Waals surface area contributed by atoms with E-state index in [9.17, 15) is 8.78 Å². The lowest BCUT2D eigenvalue weighted by molar-refractivity contribution is 0.630. The lowest BCUT2D eigenvalue weighted by atomic mass is 10.1. The van der Waals surface area contributed by atoms with Gasteiger partial charge in [-0.3, -0.25) is 0 Å². The summed E-state index contributed by atoms with van der Waals surface area (Å²) in [6.45, 7) is 0. The third kappa shape index (κ3) is 1.47. The molecule has 0 aliphatic rings. The second kappa shape index (κ2) is 4.33. The van der Waals surface area contributed by atoms with Gasteiger partial charge in [-0.15, -0.1) is 0 Å². The molecule has 0 unspecified atom stereocenters. The van der Waals surface area contributed by atoms with E-state index in [-0.39, 0.29) is 20.0 Å². The molecule has 0 aliphatic carbocycles. The molecule has 0 N–H and O–H groups in total. The van der Waals surface area contributed by atoms with Gasteiger partial charge in [-0.2, -0.15) is 17.5 Å². The van der Waals surface area contributed by atoms with Crippen LogP contribution in [0, 0.1) is 11.6 Å². The normalized spacial score (nSPS) is 12.0. The average Bonchev–Trinajstić information content (AvgIpc) is 3.08. The highest BCUT2D eigenvalue weighted by Crippen LogP contribution is 2.43. The third-order valence-electron chi connectivity index (χ3n) is 2.94. The van der Waals surface area contributed by atoms with Gasteiger partial charge in [0.1, 0.15) is 22.1 Å². The molecule has 0 saturated carbocycles. The first-order valence-electron chi connectivity index (χ1n) is 5.13. The zero-order valence-electron chi connectivity index (χ0n) is 9.12. The van der Waals surface area contributed by atoms with Crippen LogP contribution in [0.25, 0.3) is 32.8 Å². The SMILES string of the molecule is Fc1c(Br)c2c3nsnc3c(F)c(Br)c2c2nsnc12. The van der Waals surface area contributed by atoms with E-state index >= 15 is 0 Å². The van der Waals surface area contributed by atoms with Gasteiger partial charge >= 0.3 is 0 Å². The fraction of sp³-hybridized carbons (Fsp3) is 0. The van der Waals surface area contributed by atoms with Crippen molar-refractivity contribution >= 4 is 88.2 Å². The molecule has 10 heteroatoms. The number of hydrogen-bond donors (Lipinski definition) is 0. The van der Waals surface area contributed by atoms with Gasteiger partial charge in [0.05, 0.1) is 32.4 Å². The highest BCUT2D eigenvalue weighted by Gasteiger charge is 2.24. The molecule has 100 valence electrons. The minimum Gasteiger partial charge on any atom is -0.203 e. The molecule has 4 rings (SSSR count). The molecule has 0 spiro atoms. The average molecular weight is 438 g/mol. The van der Waals surface area contributed by atoms with Crippen molar-refractivity contribution in [2.75, 3.05) is 0 Å². The van der Waals surface area contributed by atoms with E-state index in [4.69, 9.17) is 0 Å². The first-order chi connectivity index (χ1) is 9.61. The van der Waals surface area contributed by atoms with Crippen molar-refractivity contribution in [3.05, 3.63) is 20.6 Å². The van der Waals surface area contributed by atoms with E-state index in [2.05, 4.69) is 49.4 Å². The van der Waals surface area contributed by atoms with Crippen molar-refractivity contribution < 1.29 is 8.78 Å². The standard InChI is InChI=1S/C10Br2F2N4S2/c11-3-1-2(8-10(5(3)13)18-20-16-8)4(12)6(14)9-7(1)15-19-17-9. The van der Waals surface area contributed by atoms with Gasteiger partial charge in [0, 0.05) is 10.8 Å². The molecule has 0 atom stereocenters. The number of fused-ring (bicyclic) bond motifs is 5. The summed E-state index contributed by atoms with van der Waals surface area (Å²) >= 11 is 8.16.